The number of esters is 1. The molecule has 12 heteroatoms. The highest BCUT2D eigenvalue weighted by molar-refractivity contribution is 7.93. The lowest BCUT2D eigenvalue weighted by Gasteiger charge is -2.29. The van der Waals surface area contributed by atoms with Gasteiger partial charge in [-0.05, 0) is 63.7 Å². The van der Waals surface area contributed by atoms with Crippen LogP contribution in [0, 0.1) is 23.7 Å². The van der Waals surface area contributed by atoms with Gasteiger partial charge in [0, 0.05) is 11.7 Å². The minimum absolute atomic E-state index is 0.0401. The Morgan fingerprint density at radius 3 is 1.62 bits per heavy atom. The maximum atomic E-state index is 13.4. The summed E-state index contributed by atoms with van der Waals surface area (Å²) >= 11 is 0. The average Bonchev–Trinajstić information content (AvgIpc) is 2.77. The first-order valence-electron chi connectivity index (χ1n) is 14.8. The van der Waals surface area contributed by atoms with Crippen LogP contribution in [-0.2, 0) is 29.0 Å². The van der Waals surface area contributed by atoms with Gasteiger partial charge in [0.05, 0.1) is 6.04 Å². The van der Waals surface area contributed by atoms with Gasteiger partial charge in [-0.25, -0.2) is 18.0 Å². The zero-order chi connectivity index (χ0) is 33.0. The summed E-state index contributed by atoms with van der Waals surface area (Å²) in [5.74, 6) is -1.63. The van der Waals surface area contributed by atoms with Crippen LogP contribution in [0.15, 0.2) is 11.5 Å². The van der Waals surface area contributed by atoms with Crippen molar-refractivity contribution in [3.63, 3.8) is 0 Å². The summed E-state index contributed by atoms with van der Waals surface area (Å²) in [6.07, 6.45) is 3.65. The number of amides is 4. The van der Waals surface area contributed by atoms with Crippen LogP contribution in [0.1, 0.15) is 95.4 Å². The van der Waals surface area contributed by atoms with Crippen LogP contribution in [0.25, 0.3) is 0 Å². The summed E-state index contributed by atoms with van der Waals surface area (Å²) < 4.78 is 28.7. The summed E-state index contributed by atoms with van der Waals surface area (Å²) in [4.78, 5) is 52.6. The molecule has 244 valence electrons. The molecule has 0 heterocycles. The lowest BCUT2D eigenvalue weighted by Crippen LogP contribution is -2.59. The molecule has 0 aliphatic heterocycles. The normalized spacial score (nSPS) is 15.4. The first kappa shape index (κ1) is 39.4. The number of hydrogen-bond donors (Lipinski definition) is 4. The Balaban J connectivity index is 5.81. The molecule has 0 aromatic carbocycles. The molecular weight excluding hydrogens is 560 g/mol. The van der Waals surface area contributed by atoms with Gasteiger partial charge in [0.2, 0.25) is 11.8 Å². The van der Waals surface area contributed by atoms with E-state index in [1.807, 2.05) is 41.5 Å². The van der Waals surface area contributed by atoms with Crippen LogP contribution in [0.5, 0.6) is 0 Å². The van der Waals surface area contributed by atoms with Crippen molar-refractivity contribution >= 4 is 33.7 Å². The predicted octanol–water partition coefficient (Wildman–Crippen LogP) is 3.69. The van der Waals surface area contributed by atoms with Gasteiger partial charge in [-0.3, -0.25) is 9.59 Å². The fourth-order valence-electron chi connectivity index (χ4n) is 4.11. The predicted molar refractivity (Wildman–Crippen MR) is 166 cm³/mol. The van der Waals surface area contributed by atoms with Crippen molar-refractivity contribution in [2.45, 2.75) is 125 Å². The quantitative estimate of drug-likeness (QED) is 0.192. The van der Waals surface area contributed by atoms with Crippen LogP contribution in [0.2, 0.25) is 0 Å². The topological polar surface area (TPSA) is 160 Å². The Labute approximate surface area is 253 Å². The molecule has 0 unspecified atom stereocenters. The summed E-state index contributed by atoms with van der Waals surface area (Å²) in [6.45, 7) is 20.4. The van der Waals surface area contributed by atoms with E-state index in [9.17, 15) is 27.6 Å². The molecule has 11 nitrogen and oxygen atoms in total. The second-order valence-corrected chi connectivity index (χ2v) is 15.6. The van der Waals surface area contributed by atoms with Crippen molar-refractivity contribution in [1.82, 2.24) is 21.3 Å². The largest absolute Gasteiger partial charge is 0.458 e. The number of rotatable bonds is 16. The molecule has 0 aromatic heterocycles. The molecule has 0 radical (unpaired) electrons. The van der Waals surface area contributed by atoms with Crippen LogP contribution >= 0.6 is 0 Å². The number of carbonyl (C=O) groups is 4. The third kappa shape index (κ3) is 18.0. The Bertz CT molecular complexity index is 1030. The highest BCUT2D eigenvalue weighted by Crippen LogP contribution is 2.15. The van der Waals surface area contributed by atoms with E-state index in [0.29, 0.717) is 19.3 Å². The van der Waals surface area contributed by atoms with Gasteiger partial charge >= 0.3 is 12.0 Å². The van der Waals surface area contributed by atoms with Crippen molar-refractivity contribution in [3.8, 4) is 0 Å². The number of urea groups is 1. The smallest absolute Gasteiger partial charge is 0.329 e. The van der Waals surface area contributed by atoms with Gasteiger partial charge in [-0.15, -0.1) is 0 Å². The molecule has 0 saturated heterocycles. The van der Waals surface area contributed by atoms with E-state index in [-0.39, 0.29) is 23.7 Å². The molecular formula is C30H56N4O7S. The maximum Gasteiger partial charge on any atom is 0.329 e. The molecule has 0 rings (SSSR count). The zero-order valence-electron chi connectivity index (χ0n) is 27.7. The van der Waals surface area contributed by atoms with Gasteiger partial charge < -0.3 is 26.0 Å². The fourth-order valence-corrected chi connectivity index (χ4v) is 4.59. The van der Waals surface area contributed by atoms with Crippen molar-refractivity contribution in [1.29, 1.82) is 0 Å². The molecule has 0 spiro atoms. The molecule has 4 amide bonds. The van der Waals surface area contributed by atoms with Gasteiger partial charge in [0.25, 0.3) is 0 Å². The van der Waals surface area contributed by atoms with Crippen molar-refractivity contribution in [2.75, 3.05) is 6.26 Å². The zero-order valence-corrected chi connectivity index (χ0v) is 28.5. The minimum atomic E-state index is -3.39. The standard InChI is InChI=1S/C30H56N4O7S/c1-18(2)15-22(13-14-42(12,39)40)31-29(38)34-25(21(7)8)27(36)32-23(16-19(3)4)26(35)33-24(17-20(5)6)28(37)41-30(9,10)11/h13-14,18-25H,15-17H2,1-12H3,(H,32,36)(H,33,35)(H2,31,34,38)/b14-13+/t22-,23+,24+,25+/m1/s1. The van der Waals surface area contributed by atoms with Crippen LogP contribution < -0.4 is 21.3 Å². The Hall–Kier alpha value is -2.63. The van der Waals surface area contributed by atoms with Crippen LogP contribution in [0.4, 0.5) is 4.79 Å². The van der Waals surface area contributed by atoms with Gasteiger partial charge in [0.15, 0.2) is 9.84 Å². The van der Waals surface area contributed by atoms with Crippen LogP contribution in [0.3, 0.4) is 0 Å². The monoisotopic (exact) mass is 616 g/mol. The second-order valence-electron chi connectivity index (χ2n) is 13.6. The number of hydrogen-bond acceptors (Lipinski definition) is 7. The summed E-state index contributed by atoms with van der Waals surface area (Å²) in [5, 5.41) is 12.0. The van der Waals surface area contributed by atoms with Crippen molar-refractivity contribution in [3.05, 3.63) is 11.5 Å². The molecule has 0 aliphatic carbocycles. The third-order valence-electron chi connectivity index (χ3n) is 5.89. The first-order chi connectivity index (χ1) is 19.0. The van der Waals surface area contributed by atoms with Crippen LogP contribution in [-0.4, -0.2) is 68.3 Å². The Morgan fingerprint density at radius 2 is 1.19 bits per heavy atom. The minimum Gasteiger partial charge on any atom is -0.458 e. The molecule has 0 saturated carbocycles. The highest BCUT2D eigenvalue weighted by atomic mass is 32.2. The van der Waals surface area contributed by atoms with E-state index in [0.717, 1.165) is 11.7 Å². The van der Waals surface area contributed by atoms with Gasteiger partial charge in [-0.2, -0.15) is 0 Å². The lowest BCUT2D eigenvalue weighted by molar-refractivity contribution is -0.159. The van der Waals surface area contributed by atoms with E-state index < -0.39 is 63.4 Å². The molecule has 0 bridgehead atoms. The number of sulfone groups is 1. The maximum absolute atomic E-state index is 13.4. The summed E-state index contributed by atoms with van der Waals surface area (Å²) in [7, 11) is -3.39. The fraction of sp³-hybridized carbons (Fsp3) is 0.800. The molecule has 0 fully saturated rings. The Morgan fingerprint density at radius 1 is 0.714 bits per heavy atom. The van der Waals surface area contributed by atoms with E-state index >= 15 is 0 Å². The second kappa shape index (κ2) is 17.5. The van der Waals surface area contributed by atoms with Crippen molar-refractivity contribution < 1.29 is 32.3 Å². The van der Waals surface area contributed by atoms with E-state index in [1.165, 1.54) is 6.08 Å². The summed E-state index contributed by atoms with van der Waals surface area (Å²) in [5.41, 5.74) is -0.728. The van der Waals surface area contributed by atoms with E-state index in [4.69, 9.17) is 4.74 Å². The van der Waals surface area contributed by atoms with E-state index in [1.54, 1.807) is 34.6 Å². The lowest BCUT2D eigenvalue weighted by atomic mass is 9.98. The molecule has 4 atom stereocenters. The molecule has 4 N–H and O–H groups in total. The number of ether oxygens (including phenoxy) is 1. The van der Waals surface area contributed by atoms with Gasteiger partial charge in [-0.1, -0.05) is 61.5 Å². The average molecular weight is 617 g/mol. The molecule has 0 aromatic rings. The van der Waals surface area contributed by atoms with Gasteiger partial charge in [0.1, 0.15) is 23.7 Å². The SMILES string of the molecule is CC(C)C[C@@H](/C=C/S(C)(=O)=O)NC(=O)N[C@H](C(=O)N[C@@H](CC(C)C)C(=O)N[C@@H](CC(C)C)C(=O)OC(C)(C)C)C(C)C. The van der Waals surface area contributed by atoms with E-state index in [2.05, 4.69) is 21.3 Å². The molecule has 42 heavy (non-hydrogen) atoms. The number of nitrogens with one attached hydrogen (secondary N) is 4. The third-order valence-corrected chi connectivity index (χ3v) is 6.54. The molecule has 0 aliphatic rings. The Kier molecular flexibility index (Phi) is 16.4. The highest BCUT2D eigenvalue weighted by Gasteiger charge is 2.33. The van der Waals surface area contributed by atoms with Crippen molar-refractivity contribution in [2.24, 2.45) is 23.7 Å². The summed E-state index contributed by atoms with van der Waals surface area (Å²) in [6, 6.07) is -4.03. The number of carbonyl (C=O) groups excluding carboxylic acids is 4. The first-order valence-corrected chi connectivity index (χ1v) is 16.7.